The lowest BCUT2D eigenvalue weighted by molar-refractivity contribution is 0.445. The summed E-state index contributed by atoms with van der Waals surface area (Å²) in [7, 11) is 0. The van der Waals surface area contributed by atoms with Gasteiger partial charge in [-0.25, -0.2) is 4.39 Å². The third-order valence-corrected chi connectivity index (χ3v) is 3.24. The zero-order valence-electron chi connectivity index (χ0n) is 11.4. The van der Waals surface area contributed by atoms with E-state index in [9.17, 15) is 4.39 Å². The quantitative estimate of drug-likeness (QED) is 0.794. The van der Waals surface area contributed by atoms with Crippen molar-refractivity contribution >= 4 is 10.9 Å². The Morgan fingerprint density at radius 3 is 2.71 bits per heavy atom. The number of rotatable bonds is 4. The van der Waals surface area contributed by atoms with Gasteiger partial charge in [0.1, 0.15) is 5.52 Å². The van der Waals surface area contributed by atoms with Crippen molar-refractivity contribution in [2.24, 2.45) is 5.73 Å². The SMILES string of the molecule is NCCc1ccc(Oc2cccc3cccnc23)c(F)c1. The van der Waals surface area contributed by atoms with Gasteiger partial charge < -0.3 is 10.5 Å². The molecule has 2 N–H and O–H groups in total. The zero-order valence-corrected chi connectivity index (χ0v) is 11.4. The van der Waals surface area contributed by atoms with E-state index in [4.69, 9.17) is 10.5 Å². The van der Waals surface area contributed by atoms with Crippen LogP contribution in [0.5, 0.6) is 11.5 Å². The minimum absolute atomic E-state index is 0.189. The Hall–Kier alpha value is -2.46. The van der Waals surface area contributed by atoms with Crippen LogP contribution in [0.4, 0.5) is 4.39 Å². The van der Waals surface area contributed by atoms with Gasteiger partial charge in [-0.2, -0.15) is 0 Å². The second-order valence-corrected chi connectivity index (χ2v) is 4.74. The van der Waals surface area contributed by atoms with E-state index in [1.807, 2.05) is 30.3 Å². The monoisotopic (exact) mass is 282 g/mol. The van der Waals surface area contributed by atoms with Crippen LogP contribution in [0.1, 0.15) is 5.56 Å². The molecule has 21 heavy (non-hydrogen) atoms. The zero-order chi connectivity index (χ0) is 14.7. The van der Waals surface area contributed by atoms with Crippen molar-refractivity contribution in [3.8, 4) is 11.5 Å². The van der Waals surface area contributed by atoms with E-state index in [2.05, 4.69) is 4.98 Å². The number of pyridine rings is 1. The Labute approximate surface area is 122 Å². The number of aromatic nitrogens is 1. The van der Waals surface area contributed by atoms with Gasteiger partial charge in [0.15, 0.2) is 17.3 Å². The van der Waals surface area contributed by atoms with Gasteiger partial charge in [-0.3, -0.25) is 4.98 Å². The third-order valence-electron chi connectivity index (χ3n) is 3.24. The normalized spacial score (nSPS) is 10.8. The van der Waals surface area contributed by atoms with Crippen LogP contribution >= 0.6 is 0 Å². The van der Waals surface area contributed by atoms with Gasteiger partial charge in [0.25, 0.3) is 0 Å². The molecule has 0 spiro atoms. The molecule has 0 unspecified atom stereocenters. The molecule has 3 nitrogen and oxygen atoms in total. The highest BCUT2D eigenvalue weighted by atomic mass is 19.1. The fourth-order valence-corrected chi connectivity index (χ4v) is 2.23. The topological polar surface area (TPSA) is 48.1 Å². The number of hydrogen-bond donors (Lipinski definition) is 1. The summed E-state index contributed by atoms with van der Waals surface area (Å²) in [6.45, 7) is 0.493. The molecule has 0 bridgehead atoms. The lowest BCUT2D eigenvalue weighted by Crippen LogP contribution is -2.03. The van der Waals surface area contributed by atoms with Crippen molar-refractivity contribution in [1.82, 2.24) is 4.98 Å². The summed E-state index contributed by atoms with van der Waals surface area (Å²) < 4.78 is 19.8. The lowest BCUT2D eigenvalue weighted by atomic mass is 10.1. The summed E-state index contributed by atoms with van der Waals surface area (Å²) in [5, 5.41) is 0.954. The van der Waals surface area contributed by atoms with E-state index in [0.29, 0.717) is 24.2 Å². The predicted molar refractivity (Wildman–Crippen MR) is 81.0 cm³/mol. The molecule has 0 radical (unpaired) electrons. The minimum atomic E-state index is -0.395. The second kappa shape index (κ2) is 5.89. The van der Waals surface area contributed by atoms with Crippen molar-refractivity contribution in [1.29, 1.82) is 0 Å². The molecule has 0 atom stereocenters. The van der Waals surface area contributed by atoms with Crippen LogP contribution in [0.25, 0.3) is 10.9 Å². The van der Waals surface area contributed by atoms with E-state index >= 15 is 0 Å². The number of hydrogen-bond acceptors (Lipinski definition) is 3. The third kappa shape index (κ3) is 2.85. The maximum Gasteiger partial charge on any atom is 0.165 e. The van der Waals surface area contributed by atoms with Crippen LogP contribution in [-0.2, 0) is 6.42 Å². The van der Waals surface area contributed by atoms with Gasteiger partial charge in [-0.1, -0.05) is 24.3 Å². The van der Waals surface area contributed by atoms with Gasteiger partial charge in [0.2, 0.25) is 0 Å². The van der Waals surface area contributed by atoms with Crippen molar-refractivity contribution in [2.45, 2.75) is 6.42 Å². The van der Waals surface area contributed by atoms with Crippen LogP contribution in [-0.4, -0.2) is 11.5 Å². The Morgan fingerprint density at radius 1 is 1.05 bits per heavy atom. The first-order valence-electron chi connectivity index (χ1n) is 6.78. The molecule has 1 aromatic heterocycles. The molecule has 106 valence electrons. The molecule has 0 aliphatic rings. The smallest absolute Gasteiger partial charge is 0.165 e. The van der Waals surface area contributed by atoms with Crippen LogP contribution in [0.3, 0.4) is 0 Å². The van der Waals surface area contributed by atoms with Crippen molar-refractivity contribution < 1.29 is 9.13 Å². The summed E-state index contributed by atoms with van der Waals surface area (Å²) in [6.07, 6.45) is 2.34. The first-order chi connectivity index (χ1) is 10.3. The Morgan fingerprint density at radius 2 is 1.90 bits per heavy atom. The number of halogens is 1. The highest BCUT2D eigenvalue weighted by Gasteiger charge is 2.09. The van der Waals surface area contributed by atoms with Gasteiger partial charge in [-0.05, 0) is 42.8 Å². The number of fused-ring (bicyclic) bond motifs is 1. The van der Waals surface area contributed by atoms with Gasteiger partial charge in [0, 0.05) is 11.6 Å². The standard InChI is InChI=1S/C17H15FN2O/c18-14-11-12(8-9-19)6-7-15(14)21-16-5-1-3-13-4-2-10-20-17(13)16/h1-7,10-11H,8-9,19H2. The number of nitrogens with zero attached hydrogens (tertiary/aromatic N) is 1. The second-order valence-electron chi connectivity index (χ2n) is 4.74. The molecule has 0 amide bonds. The first-order valence-corrected chi connectivity index (χ1v) is 6.78. The largest absolute Gasteiger partial charge is 0.452 e. The number of ether oxygens (including phenoxy) is 1. The Bertz CT molecular complexity index is 768. The Kier molecular flexibility index (Phi) is 3.79. The van der Waals surface area contributed by atoms with Crippen LogP contribution in [0, 0.1) is 5.82 Å². The first kappa shape index (κ1) is 13.5. The van der Waals surface area contributed by atoms with Gasteiger partial charge >= 0.3 is 0 Å². The van der Waals surface area contributed by atoms with Crippen LogP contribution in [0.15, 0.2) is 54.7 Å². The molecule has 0 fully saturated rings. The average molecular weight is 282 g/mol. The number of nitrogens with two attached hydrogens (primary N) is 1. The Balaban J connectivity index is 1.95. The highest BCUT2D eigenvalue weighted by Crippen LogP contribution is 2.30. The molecule has 4 heteroatoms. The molecule has 0 aliphatic heterocycles. The molecule has 3 rings (SSSR count). The van der Waals surface area contributed by atoms with Crippen molar-refractivity contribution in [3.05, 3.63) is 66.1 Å². The van der Waals surface area contributed by atoms with Crippen LogP contribution in [0.2, 0.25) is 0 Å². The molecular formula is C17H15FN2O. The lowest BCUT2D eigenvalue weighted by Gasteiger charge is -2.10. The molecule has 3 aromatic rings. The molecule has 0 saturated carbocycles. The fraction of sp³-hybridized carbons (Fsp3) is 0.118. The van der Waals surface area contributed by atoms with E-state index in [-0.39, 0.29) is 5.75 Å². The number of benzene rings is 2. The molecule has 0 saturated heterocycles. The summed E-state index contributed by atoms with van der Waals surface area (Å²) >= 11 is 0. The van der Waals surface area contributed by atoms with E-state index in [1.165, 1.54) is 6.07 Å². The maximum atomic E-state index is 14.1. The highest BCUT2D eigenvalue weighted by molar-refractivity contribution is 5.84. The molecule has 1 heterocycles. The summed E-state index contributed by atoms with van der Waals surface area (Å²) in [4.78, 5) is 4.29. The minimum Gasteiger partial charge on any atom is -0.452 e. The van der Waals surface area contributed by atoms with Gasteiger partial charge in [-0.15, -0.1) is 0 Å². The number of para-hydroxylation sites is 1. The fourth-order valence-electron chi connectivity index (χ4n) is 2.23. The average Bonchev–Trinajstić information content (AvgIpc) is 2.51. The summed E-state index contributed by atoms with van der Waals surface area (Å²) in [5.41, 5.74) is 7.05. The molecular weight excluding hydrogens is 267 g/mol. The van der Waals surface area contributed by atoms with E-state index in [0.717, 1.165) is 10.9 Å². The predicted octanol–water partition coefficient (Wildman–Crippen LogP) is 3.67. The van der Waals surface area contributed by atoms with Crippen LogP contribution < -0.4 is 10.5 Å². The van der Waals surface area contributed by atoms with E-state index in [1.54, 1.807) is 18.3 Å². The van der Waals surface area contributed by atoms with E-state index < -0.39 is 5.82 Å². The molecule has 0 aliphatic carbocycles. The molecule has 2 aromatic carbocycles. The summed E-state index contributed by atoms with van der Waals surface area (Å²) in [6, 6.07) is 14.3. The summed E-state index contributed by atoms with van der Waals surface area (Å²) in [5.74, 6) is 0.335. The van der Waals surface area contributed by atoms with Gasteiger partial charge in [0.05, 0.1) is 0 Å². The maximum absolute atomic E-state index is 14.1. The van der Waals surface area contributed by atoms with Crippen molar-refractivity contribution in [3.63, 3.8) is 0 Å². The van der Waals surface area contributed by atoms with Crippen molar-refractivity contribution in [2.75, 3.05) is 6.54 Å².